The number of hydrogen-bond acceptors (Lipinski definition) is 2. The summed E-state index contributed by atoms with van der Waals surface area (Å²) < 4.78 is 0. The molecule has 48 valence electrons. The maximum atomic E-state index is 4.19. The zero-order valence-corrected chi connectivity index (χ0v) is 10.1. The van der Waals surface area contributed by atoms with Gasteiger partial charge >= 0.3 is 19.5 Å². The molecule has 0 atom stereocenters. The van der Waals surface area contributed by atoms with Gasteiger partial charge in [-0.1, -0.05) is 0 Å². The normalized spacial score (nSPS) is 4.67. The summed E-state index contributed by atoms with van der Waals surface area (Å²) in [6.45, 7) is 0. The zero-order chi connectivity index (χ0) is 6.83. The summed E-state index contributed by atoms with van der Waals surface area (Å²) in [5.41, 5.74) is 4.53. The van der Waals surface area contributed by atoms with Gasteiger partial charge in [0.1, 0.15) is 0 Å². The van der Waals surface area contributed by atoms with E-state index >= 15 is 0 Å². The molecule has 9 heavy (non-hydrogen) atoms. The van der Waals surface area contributed by atoms with Crippen molar-refractivity contribution in [3.05, 3.63) is 0 Å². The van der Waals surface area contributed by atoms with Crippen LogP contribution >= 0.6 is 24.4 Å². The van der Waals surface area contributed by atoms with E-state index < -0.39 is 0 Å². The maximum Gasteiger partial charge on any atom is 2.00 e. The Kier molecular flexibility index (Phi) is 42.7. The van der Waals surface area contributed by atoms with Crippen LogP contribution in [0.25, 0.3) is 0 Å². The molecule has 0 fully saturated rings. The summed E-state index contributed by atoms with van der Waals surface area (Å²) in [5, 5.41) is 4.99. The van der Waals surface area contributed by atoms with Crippen molar-refractivity contribution in [3.8, 4) is 0 Å². The second kappa shape index (κ2) is 23.8. The first-order valence-corrected chi connectivity index (χ1v) is 2.72. The largest absolute Gasteiger partial charge is 2.00 e. The number of hydrogen-bond donors (Lipinski definition) is 2. The van der Waals surface area contributed by atoms with E-state index in [0.717, 1.165) is 0 Å². The van der Waals surface area contributed by atoms with Crippen molar-refractivity contribution in [3.63, 3.8) is 0 Å². The third-order valence-electron chi connectivity index (χ3n) is 0.204. The molecule has 0 saturated carbocycles. The first-order chi connectivity index (χ1) is 3.83. The zero-order valence-electron chi connectivity index (χ0n) is 5.52. The standard InChI is InChI=1S/2C2H4NS.Zn/c2*1-3-2-4;/h2*1H3,(H,3,4);/q2*-1;+2. The molecule has 0 aliphatic heterocycles. The van der Waals surface area contributed by atoms with E-state index in [1.165, 1.54) is 0 Å². The van der Waals surface area contributed by atoms with Crippen molar-refractivity contribution in [2.45, 2.75) is 0 Å². The van der Waals surface area contributed by atoms with Crippen molar-refractivity contribution in [1.29, 1.82) is 0 Å². The Bertz CT molecular complexity index is 52.5. The van der Waals surface area contributed by atoms with Crippen LogP contribution in [-0.2, 0) is 19.5 Å². The van der Waals surface area contributed by atoms with E-state index in [0.29, 0.717) is 0 Å². The fraction of sp³-hybridized carbons (Fsp3) is 0.500. The van der Waals surface area contributed by atoms with E-state index in [4.69, 9.17) is 0 Å². The first-order valence-electron chi connectivity index (χ1n) is 1.91. The van der Waals surface area contributed by atoms with E-state index in [2.05, 4.69) is 46.1 Å². The van der Waals surface area contributed by atoms with E-state index in [9.17, 15) is 0 Å². The minimum atomic E-state index is 0. The van der Waals surface area contributed by atoms with Crippen molar-refractivity contribution in [1.82, 2.24) is 10.6 Å². The summed E-state index contributed by atoms with van der Waals surface area (Å²) in [6, 6.07) is 0. The molecule has 0 unspecified atom stereocenters. The molecule has 0 aliphatic carbocycles. The fourth-order valence-corrected chi connectivity index (χ4v) is 0. The number of thiocarbonyl (C=S) groups is 2. The van der Waals surface area contributed by atoms with Crippen LogP contribution in [0.5, 0.6) is 0 Å². The van der Waals surface area contributed by atoms with E-state index in [-0.39, 0.29) is 19.5 Å². The van der Waals surface area contributed by atoms with Gasteiger partial charge in [0, 0.05) is 0 Å². The molecule has 0 aromatic rings. The Morgan fingerprint density at radius 3 is 1.11 bits per heavy atom. The summed E-state index contributed by atoms with van der Waals surface area (Å²) in [7, 11) is 3.43. The van der Waals surface area contributed by atoms with Crippen LogP contribution in [-0.4, -0.2) is 25.1 Å². The molecular weight excluding hydrogens is 206 g/mol. The molecule has 0 aromatic carbocycles. The molecule has 2 nitrogen and oxygen atoms in total. The van der Waals surface area contributed by atoms with Crippen LogP contribution < -0.4 is 10.6 Å². The Labute approximate surface area is 79.5 Å². The van der Waals surface area contributed by atoms with Gasteiger partial charge in [-0.05, 0) is 14.1 Å². The average Bonchev–Trinajstić information content (AvgIpc) is 1.88. The maximum absolute atomic E-state index is 4.19. The van der Waals surface area contributed by atoms with Crippen LogP contribution in [0, 0.1) is 0 Å². The van der Waals surface area contributed by atoms with E-state index in [1.54, 1.807) is 14.1 Å². The minimum absolute atomic E-state index is 0. The second-order valence-electron chi connectivity index (χ2n) is 0.704. The van der Waals surface area contributed by atoms with Crippen molar-refractivity contribution in [2.75, 3.05) is 14.1 Å². The third-order valence-corrected chi connectivity index (χ3v) is 0.612. The van der Waals surface area contributed by atoms with Crippen LogP contribution in [0.4, 0.5) is 0 Å². The van der Waals surface area contributed by atoms with Gasteiger partial charge in [-0.2, -0.15) is 0 Å². The van der Waals surface area contributed by atoms with Crippen LogP contribution in [0.3, 0.4) is 0 Å². The molecule has 0 amide bonds. The van der Waals surface area contributed by atoms with Gasteiger partial charge in [0.15, 0.2) is 0 Å². The molecule has 0 aliphatic rings. The first kappa shape index (κ1) is 16.2. The topological polar surface area (TPSA) is 24.1 Å². The van der Waals surface area contributed by atoms with Crippen molar-refractivity contribution < 1.29 is 19.5 Å². The fourth-order valence-electron chi connectivity index (χ4n) is 0. The van der Waals surface area contributed by atoms with Gasteiger partial charge < -0.3 is 46.1 Å². The second-order valence-corrected chi connectivity index (χ2v) is 1.11. The number of nitrogens with one attached hydrogen (secondary N) is 2. The molecule has 2 N–H and O–H groups in total. The number of rotatable bonds is 2. The summed E-state index contributed by atoms with van der Waals surface area (Å²) >= 11 is 8.38. The van der Waals surface area contributed by atoms with Crippen molar-refractivity contribution in [2.24, 2.45) is 0 Å². The van der Waals surface area contributed by atoms with Gasteiger partial charge in [-0.25, -0.2) is 0 Å². The summed E-state index contributed by atoms with van der Waals surface area (Å²) in [5.74, 6) is 0. The summed E-state index contributed by atoms with van der Waals surface area (Å²) in [4.78, 5) is 0. The van der Waals surface area contributed by atoms with Crippen LogP contribution in [0.2, 0.25) is 0 Å². The predicted octanol–water partition coefficient (Wildman–Crippen LogP) is 0.0775. The molecule has 5 heteroatoms. The molecule has 0 saturated heterocycles. The quantitative estimate of drug-likeness (QED) is 0.294. The Hall–Kier alpha value is 0.403. The average molecular weight is 214 g/mol. The van der Waals surface area contributed by atoms with Gasteiger partial charge in [0.25, 0.3) is 0 Å². The molecule has 0 bridgehead atoms. The Balaban J connectivity index is -0.0000000720. The monoisotopic (exact) mass is 212 g/mol. The van der Waals surface area contributed by atoms with Gasteiger partial charge in [-0.15, -0.1) is 0 Å². The molecule has 0 rings (SSSR count). The molecule has 0 radical (unpaired) electrons. The van der Waals surface area contributed by atoms with Gasteiger partial charge in [0.05, 0.1) is 0 Å². The third kappa shape index (κ3) is 59.7. The van der Waals surface area contributed by atoms with Gasteiger partial charge in [-0.3, -0.25) is 0 Å². The van der Waals surface area contributed by atoms with Crippen LogP contribution in [0.15, 0.2) is 0 Å². The predicted molar refractivity (Wildman–Crippen MR) is 43.3 cm³/mol. The van der Waals surface area contributed by atoms with Crippen molar-refractivity contribution >= 4 is 35.4 Å². The Morgan fingerprint density at radius 1 is 1.00 bits per heavy atom. The smallest absolute Gasteiger partial charge is 0.559 e. The molecule has 0 spiro atoms. The van der Waals surface area contributed by atoms with Gasteiger partial charge in [0.2, 0.25) is 0 Å². The van der Waals surface area contributed by atoms with Crippen LogP contribution in [0.1, 0.15) is 0 Å². The molecule has 0 aromatic heterocycles. The summed E-state index contributed by atoms with van der Waals surface area (Å²) in [6.07, 6.45) is 0. The SMILES string of the molecule is CN[C-]=S.CN[C-]=S.[Zn+2]. The Morgan fingerprint density at radius 2 is 1.11 bits per heavy atom. The molecule has 0 heterocycles. The molecular formula is C4H8N2S2Zn. The van der Waals surface area contributed by atoms with E-state index in [1.807, 2.05) is 0 Å². The minimum Gasteiger partial charge on any atom is -0.559 e.